The Bertz CT molecular complexity index is 248. The van der Waals surface area contributed by atoms with Crippen LogP contribution in [-0.2, 0) is 9.53 Å². The highest BCUT2D eigenvalue weighted by molar-refractivity contribution is 5.83. The van der Waals surface area contributed by atoms with Crippen LogP contribution in [0.3, 0.4) is 0 Å². The number of hydrogen-bond acceptors (Lipinski definition) is 3. The molecule has 1 amide bonds. The molecule has 1 fully saturated rings. The zero-order valence-electron chi connectivity index (χ0n) is 10.7. The Morgan fingerprint density at radius 1 is 1.44 bits per heavy atom. The van der Waals surface area contributed by atoms with Crippen LogP contribution in [0.1, 0.15) is 27.2 Å². The van der Waals surface area contributed by atoms with Gasteiger partial charge in [-0.2, -0.15) is 0 Å². The zero-order chi connectivity index (χ0) is 12.4. The van der Waals surface area contributed by atoms with Gasteiger partial charge in [-0.1, -0.05) is 20.8 Å². The first-order valence-corrected chi connectivity index (χ1v) is 5.75. The molecule has 0 spiro atoms. The summed E-state index contributed by atoms with van der Waals surface area (Å²) in [7, 11) is 1.80. The van der Waals surface area contributed by atoms with Crippen molar-refractivity contribution in [3.05, 3.63) is 0 Å². The molecule has 1 aliphatic rings. The fourth-order valence-corrected chi connectivity index (χ4v) is 1.64. The fourth-order valence-electron chi connectivity index (χ4n) is 1.64. The largest absolute Gasteiger partial charge is 0.395 e. The van der Waals surface area contributed by atoms with E-state index in [4.69, 9.17) is 4.74 Å². The van der Waals surface area contributed by atoms with E-state index in [1.165, 1.54) is 0 Å². The average molecular weight is 229 g/mol. The highest BCUT2D eigenvalue weighted by Gasteiger charge is 2.46. The van der Waals surface area contributed by atoms with Crippen molar-refractivity contribution < 1.29 is 14.6 Å². The van der Waals surface area contributed by atoms with Crippen molar-refractivity contribution in [2.45, 2.75) is 27.2 Å². The number of aliphatic hydroxyl groups is 1. The summed E-state index contributed by atoms with van der Waals surface area (Å²) in [5.41, 5.74) is -0.441. The van der Waals surface area contributed by atoms with Gasteiger partial charge in [0.25, 0.3) is 0 Å². The minimum atomic E-state index is -0.660. The van der Waals surface area contributed by atoms with Crippen molar-refractivity contribution in [2.24, 2.45) is 10.8 Å². The average Bonchev–Trinajstić information content (AvgIpc) is 2.12. The summed E-state index contributed by atoms with van der Waals surface area (Å²) in [5.74, 6) is 0.00509. The van der Waals surface area contributed by atoms with Crippen molar-refractivity contribution in [1.29, 1.82) is 0 Å². The summed E-state index contributed by atoms with van der Waals surface area (Å²) < 4.78 is 5.04. The number of aliphatic hydroxyl groups excluding tert-OH is 1. The van der Waals surface area contributed by atoms with Crippen LogP contribution in [-0.4, -0.2) is 49.3 Å². The van der Waals surface area contributed by atoms with E-state index in [1.807, 2.05) is 0 Å². The maximum atomic E-state index is 12.1. The number of ether oxygens (including phenoxy) is 1. The van der Waals surface area contributed by atoms with Gasteiger partial charge in [0.15, 0.2) is 0 Å². The molecule has 0 aromatic heterocycles. The lowest BCUT2D eigenvalue weighted by Gasteiger charge is -2.41. The Hall–Kier alpha value is -0.610. The van der Waals surface area contributed by atoms with Crippen LogP contribution in [0.2, 0.25) is 0 Å². The summed E-state index contributed by atoms with van der Waals surface area (Å²) in [4.78, 5) is 13.8. The van der Waals surface area contributed by atoms with Crippen molar-refractivity contribution in [1.82, 2.24) is 4.90 Å². The van der Waals surface area contributed by atoms with Gasteiger partial charge in [0.2, 0.25) is 5.91 Å². The van der Waals surface area contributed by atoms with E-state index in [0.29, 0.717) is 13.2 Å². The normalized spacial score (nSPS) is 19.1. The third-order valence-corrected chi connectivity index (χ3v) is 3.06. The summed E-state index contributed by atoms with van der Waals surface area (Å²) in [6.45, 7) is 7.76. The Labute approximate surface area is 97.6 Å². The highest BCUT2D eigenvalue weighted by atomic mass is 16.5. The van der Waals surface area contributed by atoms with Crippen LogP contribution in [0.15, 0.2) is 0 Å². The smallest absolute Gasteiger partial charge is 0.235 e. The third-order valence-electron chi connectivity index (χ3n) is 3.06. The molecule has 0 bridgehead atoms. The lowest BCUT2D eigenvalue weighted by Crippen LogP contribution is -2.56. The molecule has 4 heteroatoms. The molecule has 0 aromatic rings. The molecule has 1 N–H and O–H groups in total. The molecular formula is C12H23NO3. The van der Waals surface area contributed by atoms with Gasteiger partial charge in [-0.25, -0.2) is 0 Å². The molecule has 0 aliphatic carbocycles. The van der Waals surface area contributed by atoms with E-state index in [0.717, 1.165) is 13.0 Å². The Balaban J connectivity index is 2.47. The Kier molecular flexibility index (Phi) is 3.97. The molecule has 0 saturated carbocycles. The second-order valence-electron chi connectivity index (χ2n) is 5.97. The Morgan fingerprint density at radius 2 is 2.00 bits per heavy atom. The van der Waals surface area contributed by atoms with Crippen molar-refractivity contribution in [3.8, 4) is 0 Å². The fraction of sp³-hybridized carbons (Fsp3) is 0.917. The first-order valence-electron chi connectivity index (χ1n) is 5.75. The number of amides is 1. The number of hydrogen-bond donors (Lipinski definition) is 1. The van der Waals surface area contributed by atoms with Gasteiger partial charge in [-0.3, -0.25) is 4.79 Å². The molecule has 0 atom stereocenters. The van der Waals surface area contributed by atoms with Crippen LogP contribution in [0.4, 0.5) is 0 Å². The van der Waals surface area contributed by atoms with E-state index < -0.39 is 5.41 Å². The lowest BCUT2D eigenvalue weighted by molar-refractivity contribution is -0.179. The molecular weight excluding hydrogens is 206 g/mol. The van der Waals surface area contributed by atoms with Crippen LogP contribution in [0.5, 0.6) is 0 Å². The number of nitrogens with zero attached hydrogens (tertiary/aromatic N) is 1. The third kappa shape index (κ3) is 2.95. The molecule has 1 aliphatic heterocycles. The topological polar surface area (TPSA) is 49.8 Å². The van der Waals surface area contributed by atoms with Gasteiger partial charge in [0.05, 0.1) is 19.8 Å². The summed E-state index contributed by atoms with van der Waals surface area (Å²) in [6.07, 6.45) is 0.956. The van der Waals surface area contributed by atoms with Crippen LogP contribution in [0, 0.1) is 10.8 Å². The molecule has 1 heterocycles. The second kappa shape index (κ2) is 4.72. The molecule has 0 radical (unpaired) electrons. The van der Waals surface area contributed by atoms with Gasteiger partial charge in [-0.05, 0) is 11.8 Å². The summed E-state index contributed by atoms with van der Waals surface area (Å²) >= 11 is 0. The van der Waals surface area contributed by atoms with Gasteiger partial charge in [-0.15, -0.1) is 0 Å². The first-order chi connectivity index (χ1) is 7.31. The predicted molar refractivity (Wildman–Crippen MR) is 62.0 cm³/mol. The van der Waals surface area contributed by atoms with E-state index >= 15 is 0 Å². The summed E-state index contributed by atoms with van der Waals surface area (Å²) in [6, 6.07) is 0. The molecule has 0 unspecified atom stereocenters. The van der Waals surface area contributed by atoms with Crippen LogP contribution >= 0.6 is 0 Å². The standard InChI is InChI=1S/C12H23NO3/c1-11(2,3)5-6-13(4)10(15)12(7-14)8-16-9-12/h14H,5-9H2,1-4H3. The van der Waals surface area contributed by atoms with E-state index in [2.05, 4.69) is 20.8 Å². The van der Waals surface area contributed by atoms with Crippen molar-refractivity contribution in [3.63, 3.8) is 0 Å². The van der Waals surface area contributed by atoms with E-state index in [1.54, 1.807) is 11.9 Å². The highest BCUT2D eigenvalue weighted by Crippen LogP contribution is 2.29. The van der Waals surface area contributed by atoms with E-state index in [9.17, 15) is 9.90 Å². The molecule has 4 nitrogen and oxygen atoms in total. The quantitative estimate of drug-likeness (QED) is 0.779. The molecule has 0 aromatic carbocycles. The molecule has 1 rings (SSSR count). The van der Waals surface area contributed by atoms with Gasteiger partial charge >= 0.3 is 0 Å². The molecule has 1 saturated heterocycles. The van der Waals surface area contributed by atoms with Gasteiger partial charge in [0.1, 0.15) is 5.41 Å². The summed E-state index contributed by atoms with van der Waals surface area (Å²) in [5, 5.41) is 9.26. The number of carbonyl (C=O) groups is 1. The van der Waals surface area contributed by atoms with Gasteiger partial charge < -0.3 is 14.7 Å². The SMILES string of the molecule is CN(CCC(C)(C)C)C(=O)C1(CO)COC1. The molecule has 16 heavy (non-hydrogen) atoms. The van der Waals surface area contributed by atoms with Gasteiger partial charge in [0, 0.05) is 13.6 Å². The minimum Gasteiger partial charge on any atom is -0.395 e. The lowest BCUT2D eigenvalue weighted by atomic mass is 9.85. The number of rotatable bonds is 4. The predicted octanol–water partition coefficient (Wildman–Crippen LogP) is 0.890. The minimum absolute atomic E-state index is 0.00509. The zero-order valence-corrected chi connectivity index (χ0v) is 10.7. The van der Waals surface area contributed by atoms with Crippen LogP contribution < -0.4 is 0 Å². The van der Waals surface area contributed by atoms with E-state index in [-0.39, 0.29) is 17.9 Å². The molecule has 94 valence electrons. The first kappa shape index (κ1) is 13.5. The van der Waals surface area contributed by atoms with Crippen LogP contribution in [0.25, 0.3) is 0 Å². The van der Waals surface area contributed by atoms with Crippen molar-refractivity contribution >= 4 is 5.91 Å². The maximum absolute atomic E-state index is 12.1. The Morgan fingerprint density at radius 3 is 2.31 bits per heavy atom. The second-order valence-corrected chi connectivity index (χ2v) is 5.97. The maximum Gasteiger partial charge on any atom is 0.235 e. The van der Waals surface area contributed by atoms with Crippen molar-refractivity contribution in [2.75, 3.05) is 33.4 Å². The number of carbonyl (C=O) groups excluding carboxylic acids is 1. The monoisotopic (exact) mass is 229 g/mol.